The van der Waals surface area contributed by atoms with Gasteiger partial charge in [0.15, 0.2) is 5.82 Å². The first-order valence-electron chi connectivity index (χ1n) is 7.96. The van der Waals surface area contributed by atoms with Gasteiger partial charge in [0.1, 0.15) is 0 Å². The quantitative estimate of drug-likeness (QED) is 0.827. The second-order valence-corrected chi connectivity index (χ2v) is 6.30. The van der Waals surface area contributed by atoms with Crippen molar-refractivity contribution in [1.29, 1.82) is 0 Å². The first-order valence-corrected chi connectivity index (χ1v) is 7.96. The zero-order chi connectivity index (χ0) is 15.5. The monoisotopic (exact) mass is 307 g/mol. The van der Waals surface area contributed by atoms with Crippen molar-refractivity contribution in [2.24, 2.45) is 5.92 Å². The van der Waals surface area contributed by atoms with E-state index in [1.165, 1.54) is 12.8 Å². The van der Waals surface area contributed by atoms with Crippen LogP contribution in [0.15, 0.2) is 4.52 Å². The van der Waals surface area contributed by atoms with E-state index in [1.807, 2.05) is 0 Å². The van der Waals surface area contributed by atoms with Gasteiger partial charge in [-0.05, 0) is 25.7 Å². The lowest BCUT2D eigenvalue weighted by atomic mass is 9.80. The number of nitrogens with zero attached hydrogens (tertiary/aromatic N) is 2. The normalized spacial score (nSPS) is 24.9. The van der Waals surface area contributed by atoms with E-state index >= 15 is 0 Å². The molecule has 0 unspecified atom stereocenters. The molecule has 2 fully saturated rings. The van der Waals surface area contributed by atoms with Gasteiger partial charge in [0.25, 0.3) is 0 Å². The van der Waals surface area contributed by atoms with Crippen LogP contribution in [-0.2, 0) is 16.0 Å². The highest BCUT2D eigenvalue weighted by molar-refractivity contribution is 5.77. The minimum Gasteiger partial charge on any atom is -0.481 e. The van der Waals surface area contributed by atoms with Gasteiger partial charge in [-0.1, -0.05) is 18.0 Å². The van der Waals surface area contributed by atoms with Gasteiger partial charge in [-0.2, -0.15) is 4.98 Å². The molecule has 0 radical (unpaired) electrons. The lowest BCUT2D eigenvalue weighted by molar-refractivity contribution is -0.146. The van der Waals surface area contributed by atoms with Crippen LogP contribution in [0.2, 0.25) is 0 Å². The highest BCUT2D eigenvalue weighted by atomic mass is 16.5. The van der Waals surface area contributed by atoms with Gasteiger partial charge in [-0.3, -0.25) is 9.59 Å². The van der Waals surface area contributed by atoms with Crippen LogP contribution in [0.5, 0.6) is 0 Å². The Morgan fingerprint density at radius 2 is 2.00 bits per heavy atom. The number of nitrogens with one attached hydrogen (secondary N) is 1. The van der Waals surface area contributed by atoms with E-state index in [2.05, 4.69) is 15.5 Å². The molecule has 1 aromatic heterocycles. The summed E-state index contributed by atoms with van der Waals surface area (Å²) in [5.74, 6) is 0.514. The molecule has 0 atom stereocenters. The van der Waals surface area contributed by atoms with Crippen molar-refractivity contribution >= 4 is 11.9 Å². The molecule has 0 bridgehead atoms. The van der Waals surface area contributed by atoms with Crippen LogP contribution in [0, 0.1) is 5.92 Å². The topological polar surface area (TPSA) is 105 Å². The van der Waals surface area contributed by atoms with Gasteiger partial charge >= 0.3 is 5.97 Å². The van der Waals surface area contributed by atoms with Gasteiger partial charge in [0.05, 0.1) is 5.92 Å². The number of carbonyl (C=O) groups is 2. The molecule has 2 saturated carbocycles. The summed E-state index contributed by atoms with van der Waals surface area (Å²) < 4.78 is 5.20. The Morgan fingerprint density at radius 1 is 1.27 bits per heavy atom. The number of rotatable bonds is 6. The van der Waals surface area contributed by atoms with Gasteiger partial charge in [-0.15, -0.1) is 0 Å². The molecule has 0 spiro atoms. The van der Waals surface area contributed by atoms with Gasteiger partial charge in [-0.25, -0.2) is 0 Å². The minimum atomic E-state index is -0.782. The Hall–Kier alpha value is -1.92. The minimum absolute atomic E-state index is 0.00895. The van der Waals surface area contributed by atoms with Gasteiger partial charge < -0.3 is 14.9 Å². The van der Waals surface area contributed by atoms with Crippen LogP contribution < -0.4 is 5.32 Å². The highest BCUT2D eigenvalue weighted by Crippen LogP contribution is 2.32. The zero-order valence-electron chi connectivity index (χ0n) is 12.5. The molecular formula is C15H21N3O4. The maximum Gasteiger partial charge on any atom is 0.306 e. The number of hydrogen-bond acceptors (Lipinski definition) is 5. The maximum absolute atomic E-state index is 11.8. The third-order valence-corrected chi connectivity index (χ3v) is 4.62. The van der Waals surface area contributed by atoms with Crippen molar-refractivity contribution in [1.82, 2.24) is 15.5 Å². The summed E-state index contributed by atoms with van der Waals surface area (Å²) in [5, 5.41) is 15.6. The molecule has 120 valence electrons. The fourth-order valence-electron chi connectivity index (χ4n) is 3.18. The molecule has 0 aliphatic heterocycles. The van der Waals surface area contributed by atoms with Crippen LogP contribution in [0.25, 0.3) is 0 Å². The predicted molar refractivity (Wildman–Crippen MR) is 76.1 cm³/mol. The number of carbonyl (C=O) groups excluding carboxylic acids is 1. The zero-order valence-corrected chi connectivity index (χ0v) is 12.5. The van der Waals surface area contributed by atoms with Crippen LogP contribution >= 0.6 is 0 Å². The average Bonchev–Trinajstić information content (AvgIpc) is 3.09. The van der Waals surface area contributed by atoms with E-state index in [0.717, 1.165) is 18.7 Å². The number of aliphatic carboxylic acids is 1. The number of amides is 1. The Bertz CT molecular complexity index is 545. The number of aryl methyl sites for hydroxylation is 1. The summed E-state index contributed by atoms with van der Waals surface area (Å²) in [4.78, 5) is 26.9. The smallest absolute Gasteiger partial charge is 0.306 e. The van der Waals surface area contributed by atoms with E-state index in [1.54, 1.807) is 0 Å². The number of carboxylic acids is 1. The Balaban J connectivity index is 1.39. The number of carboxylic acid groups (broad SMARTS) is 1. The van der Waals surface area contributed by atoms with Crippen molar-refractivity contribution in [3.05, 3.63) is 11.7 Å². The molecule has 7 heteroatoms. The molecule has 22 heavy (non-hydrogen) atoms. The largest absolute Gasteiger partial charge is 0.481 e. The number of hydrogen-bond donors (Lipinski definition) is 2. The van der Waals surface area contributed by atoms with Crippen molar-refractivity contribution in [3.8, 4) is 0 Å². The van der Waals surface area contributed by atoms with E-state index in [0.29, 0.717) is 37.5 Å². The van der Waals surface area contributed by atoms with E-state index in [9.17, 15) is 9.59 Å². The first-order chi connectivity index (χ1) is 10.6. The maximum atomic E-state index is 11.8. The summed E-state index contributed by atoms with van der Waals surface area (Å²) >= 11 is 0. The van der Waals surface area contributed by atoms with E-state index in [-0.39, 0.29) is 17.9 Å². The fraction of sp³-hybridized carbons (Fsp3) is 0.733. The van der Waals surface area contributed by atoms with Crippen molar-refractivity contribution in [2.75, 3.05) is 0 Å². The molecule has 1 heterocycles. The molecule has 2 aliphatic rings. The van der Waals surface area contributed by atoms with Crippen molar-refractivity contribution < 1.29 is 19.2 Å². The van der Waals surface area contributed by atoms with Crippen LogP contribution in [0.1, 0.15) is 62.6 Å². The average molecular weight is 307 g/mol. The highest BCUT2D eigenvalue weighted by Gasteiger charge is 2.35. The molecular weight excluding hydrogens is 286 g/mol. The Kier molecular flexibility index (Phi) is 4.40. The van der Waals surface area contributed by atoms with Crippen LogP contribution in [-0.4, -0.2) is 33.2 Å². The predicted octanol–water partition coefficient (Wildman–Crippen LogP) is 1.64. The van der Waals surface area contributed by atoms with Crippen molar-refractivity contribution in [3.63, 3.8) is 0 Å². The van der Waals surface area contributed by atoms with Crippen LogP contribution in [0.3, 0.4) is 0 Å². The molecule has 7 nitrogen and oxygen atoms in total. The fourth-order valence-corrected chi connectivity index (χ4v) is 3.18. The molecule has 3 rings (SSSR count). The van der Waals surface area contributed by atoms with Crippen molar-refractivity contribution in [2.45, 2.75) is 63.3 Å². The first kappa shape index (κ1) is 15.0. The molecule has 1 amide bonds. The van der Waals surface area contributed by atoms with Gasteiger partial charge in [0.2, 0.25) is 11.8 Å². The number of aromatic nitrogens is 2. The molecule has 2 N–H and O–H groups in total. The third kappa shape index (κ3) is 3.45. The standard InChI is InChI=1S/C15H21N3O4/c19-12(16-11-7-10(8-11)15(20)21)5-6-13-17-14(18-22-13)9-3-1-2-4-9/h9-11H,1-8H2,(H,16,19)(H,20,21). The summed E-state index contributed by atoms with van der Waals surface area (Å²) in [6, 6.07) is -0.00895. The molecule has 0 saturated heterocycles. The molecule has 0 aromatic carbocycles. The summed E-state index contributed by atoms with van der Waals surface area (Å²) in [6.45, 7) is 0. The SMILES string of the molecule is O=C(CCc1nc(C2CCCC2)no1)NC1CC(C(=O)O)C1. The second-order valence-electron chi connectivity index (χ2n) is 6.30. The Labute approximate surface area is 128 Å². The summed E-state index contributed by atoms with van der Waals surface area (Å²) in [7, 11) is 0. The third-order valence-electron chi connectivity index (χ3n) is 4.62. The Morgan fingerprint density at radius 3 is 2.68 bits per heavy atom. The lowest BCUT2D eigenvalue weighted by Gasteiger charge is -2.32. The second kappa shape index (κ2) is 6.46. The van der Waals surface area contributed by atoms with Crippen LogP contribution in [0.4, 0.5) is 0 Å². The molecule has 2 aliphatic carbocycles. The summed E-state index contributed by atoms with van der Waals surface area (Å²) in [6.07, 6.45) is 6.44. The summed E-state index contributed by atoms with van der Waals surface area (Å²) in [5.41, 5.74) is 0. The van der Waals surface area contributed by atoms with E-state index < -0.39 is 5.97 Å². The molecule has 1 aromatic rings. The van der Waals surface area contributed by atoms with E-state index in [4.69, 9.17) is 9.63 Å². The van der Waals surface area contributed by atoms with Gasteiger partial charge in [0, 0.05) is 24.8 Å². The lowest BCUT2D eigenvalue weighted by Crippen LogP contribution is -2.46.